The van der Waals surface area contributed by atoms with Crippen molar-refractivity contribution in [3.63, 3.8) is 0 Å². The molecule has 0 saturated carbocycles. The van der Waals surface area contributed by atoms with E-state index < -0.39 is 0 Å². The maximum atomic E-state index is 5.94. The highest BCUT2D eigenvalue weighted by molar-refractivity contribution is 7.98. The van der Waals surface area contributed by atoms with Gasteiger partial charge in [-0.1, -0.05) is 35.0 Å². The van der Waals surface area contributed by atoms with Gasteiger partial charge < -0.3 is 8.83 Å². The minimum absolute atomic E-state index is 0.451. The van der Waals surface area contributed by atoms with Gasteiger partial charge in [-0.2, -0.15) is 0 Å². The van der Waals surface area contributed by atoms with E-state index in [1.807, 2.05) is 12.1 Å². The van der Waals surface area contributed by atoms with E-state index in [1.54, 1.807) is 30.3 Å². The van der Waals surface area contributed by atoms with Gasteiger partial charge in [0.05, 0.1) is 5.75 Å². The summed E-state index contributed by atoms with van der Waals surface area (Å²) in [5.41, 5.74) is 2.23. The third kappa shape index (κ3) is 3.26. The van der Waals surface area contributed by atoms with E-state index in [-0.39, 0.29) is 0 Å². The molecule has 120 valence electrons. The van der Waals surface area contributed by atoms with Gasteiger partial charge in [0.1, 0.15) is 5.52 Å². The minimum atomic E-state index is 0.451. The van der Waals surface area contributed by atoms with Crippen LogP contribution >= 0.6 is 35.0 Å². The first kappa shape index (κ1) is 15.5. The predicted molar refractivity (Wildman–Crippen MR) is 93.3 cm³/mol. The van der Waals surface area contributed by atoms with Crippen LogP contribution in [0.1, 0.15) is 5.89 Å². The van der Waals surface area contributed by atoms with Crippen LogP contribution in [0, 0.1) is 0 Å². The molecule has 0 N–H and O–H groups in total. The van der Waals surface area contributed by atoms with Crippen LogP contribution in [0.3, 0.4) is 0 Å². The topological polar surface area (TPSA) is 65.0 Å². The Morgan fingerprint density at radius 2 is 1.71 bits per heavy atom. The summed E-state index contributed by atoms with van der Waals surface area (Å²) in [5, 5.41) is 9.88. The molecule has 0 aliphatic carbocycles. The smallest absolute Gasteiger partial charge is 0.257 e. The van der Waals surface area contributed by atoms with Crippen LogP contribution in [-0.2, 0) is 5.75 Å². The van der Waals surface area contributed by atoms with Crippen LogP contribution < -0.4 is 0 Å². The summed E-state index contributed by atoms with van der Waals surface area (Å²) in [6, 6.07) is 12.5. The lowest BCUT2D eigenvalue weighted by Gasteiger charge is -1.94. The molecule has 0 amide bonds. The van der Waals surface area contributed by atoms with Crippen molar-refractivity contribution in [2.75, 3.05) is 0 Å². The molecule has 24 heavy (non-hydrogen) atoms. The van der Waals surface area contributed by atoms with Crippen molar-refractivity contribution in [3.8, 4) is 11.5 Å². The summed E-state index contributed by atoms with van der Waals surface area (Å²) in [7, 11) is 0. The predicted octanol–water partition coefficient (Wildman–Crippen LogP) is 5.48. The molecule has 4 rings (SSSR count). The zero-order valence-corrected chi connectivity index (χ0v) is 14.4. The molecule has 0 radical (unpaired) electrons. The van der Waals surface area contributed by atoms with Gasteiger partial charge in [-0.3, -0.25) is 0 Å². The number of fused-ring (bicyclic) bond motifs is 1. The van der Waals surface area contributed by atoms with Crippen molar-refractivity contribution in [1.82, 2.24) is 15.2 Å². The molecule has 0 saturated heterocycles. The summed E-state index contributed by atoms with van der Waals surface area (Å²) >= 11 is 13.2. The molecule has 0 aliphatic rings. The molecule has 4 aromatic rings. The fourth-order valence-corrected chi connectivity index (χ4v) is 3.05. The molecule has 2 heterocycles. The third-order valence-electron chi connectivity index (χ3n) is 3.21. The summed E-state index contributed by atoms with van der Waals surface area (Å²) in [5.74, 6) is 1.40. The first-order valence-corrected chi connectivity index (χ1v) is 8.69. The van der Waals surface area contributed by atoms with Crippen LogP contribution in [-0.4, -0.2) is 15.2 Å². The number of hydrogen-bond donors (Lipinski definition) is 0. The van der Waals surface area contributed by atoms with E-state index in [1.165, 1.54) is 11.8 Å². The second-order valence-corrected chi connectivity index (χ2v) is 6.69. The van der Waals surface area contributed by atoms with E-state index in [2.05, 4.69) is 15.2 Å². The van der Waals surface area contributed by atoms with Gasteiger partial charge in [-0.05, 0) is 42.5 Å². The van der Waals surface area contributed by atoms with Crippen LogP contribution in [0.5, 0.6) is 0 Å². The molecule has 0 atom stereocenters. The van der Waals surface area contributed by atoms with Crippen LogP contribution in [0.2, 0.25) is 10.0 Å². The van der Waals surface area contributed by atoms with Crippen LogP contribution in [0.25, 0.3) is 22.6 Å². The van der Waals surface area contributed by atoms with E-state index >= 15 is 0 Å². The van der Waals surface area contributed by atoms with Crippen molar-refractivity contribution in [3.05, 3.63) is 58.4 Å². The standard InChI is InChI=1S/C16H9Cl2N3O2S/c17-10-3-1-9(2-4-10)15-21-20-14(23-15)8-24-16-19-12-7-11(18)5-6-13(12)22-16/h1-7H,8H2. The fraction of sp³-hybridized carbons (Fsp3) is 0.0625. The summed E-state index contributed by atoms with van der Waals surface area (Å²) in [6.45, 7) is 0. The molecule has 5 nitrogen and oxygen atoms in total. The van der Waals surface area contributed by atoms with Gasteiger partial charge >= 0.3 is 0 Å². The Balaban J connectivity index is 1.48. The van der Waals surface area contributed by atoms with Crippen molar-refractivity contribution < 1.29 is 8.83 Å². The van der Waals surface area contributed by atoms with Crippen molar-refractivity contribution >= 4 is 46.1 Å². The van der Waals surface area contributed by atoms with E-state index in [9.17, 15) is 0 Å². The van der Waals surface area contributed by atoms with Gasteiger partial charge in [0, 0.05) is 15.6 Å². The van der Waals surface area contributed by atoms with Gasteiger partial charge in [-0.25, -0.2) is 4.98 Å². The molecule has 2 aromatic carbocycles. The zero-order valence-electron chi connectivity index (χ0n) is 12.1. The summed E-state index contributed by atoms with van der Waals surface area (Å²) in [4.78, 5) is 4.37. The first-order valence-electron chi connectivity index (χ1n) is 6.94. The number of oxazole rings is 1. The highest BCUT2D eigenvalue weighted by Crippen LogP contribution is 2.28. The number of halogens is 2. The SMILES string of the molecule is Clc1ccc(-c2nnc(CSc3nc4cc(Cl)ccc4o3)o2)cc1. The van der Waals surface area contributed by atoms with Crippen molar-refractivity contribution in [2.45, 2.75) is 11.0 Å². The molecule has 0 aliphatic heterocycles. The number of aromatic nitrogens is 3. The second-order valence-electron chi connectivity index (χ2n) is 4.89. The maximum Gasteiger partial charge on any atom is 0.257 e. The number of rotatable bonds is 4. The lowest BCUT2D eigenvalue weighted by Crippen LogP contribution is -1.80. The van der Waals surface area contributed by atoms with E-state index in [0.29, 0.717) is 38.4 Å². The van der Waals surface area contributed by atoms with Gasteiger partial charge in [-0.15, -0.1) is 10.2 Å². The number of benzene rings is 2. The summed E-state index contributed by atoms with van der Waals surface area (Å²) < 4.78 is 11.3. The molecule has 0 fully saturated rings. The summed E-state index contributed by atoms with van der Waals surface area (Å²) in [6.07, 6.45) is 0. The van der Waals surface area contributed by atoms with Gasteiger partial charge in [0.15, 0.2) is 5.58 Å². The average Bonchev–Trinajstić information content (AvgIpc) is 3.19. The normalized spacial score (nSPS) is 11.2. The molecular weight excluding hydrogens is 369 g/mol. The van der Waals surface area contributed by atoms with E-state index in [4.69, 9.17) is 32.0 Å². The average molecular weight is 378 g/mol. The first-order chi connectivity index (χ1) is 11.7. The van der Waals surface area contributed by atoms with E-state index in [0.717, 1.165) is 11.1 Å². The number of nitrogens with zero attached hydrogens (tertiary/aromatic N) is 3. The monoisotopic (exact) mass is 377 g/mol. The molecule has 0 spiro atoms. The largest absolute Gasteiger partial charge is 0.431 e. The molecule has 0 bridgehead atoms. The third-order valence-corrected chi connectivity index (χ3v) is 4.51. The molecule has 0 unspecified atom stereocenters. The van der Waals surface area contributed by atoms with Gasteiger partial charge in [0.25, 0.3) is 5.22 Å². The highest BCUT2D eigenvalue weighted by Gasteiger charge is 2.12. The van der Waals surface area contributed by atoms with Crippen LogP contribution in [0.4, 0.5) is 0 Å². The Morgan fingerprint density at radius 1 is 0.917 bits per heavy atom. The molecule has 8 heteroatoms. The lowest BCUT2D eigenvalue weighted by molar-refractivity contribution is 0.486. The Kier molecular flexibility index (Phi) is 4.18. The Hall–Kier alpha value is -2.02. The quantitative estimate of drug-likeness (QED) is 0.439. The minimum Gasteiger partial charge on any atom is -0.431 e. The highest BCUT2D eigenvalue weighted by atomic mass is 35.5. The van der Waals surface area contributed by atoms with Crippen molar-refractivity contribution in [2.24, 2.45) is 0 Å². The fourth-order valence-electron chi connectivity index (χ4n) is 2.09. The van der Waals surface area contributed by atoms with Crippen molar-refractivity contribution in [1.29, 1.82) is 0 Å². The zero-order chi connectivity index (χ0) is 16.5. The lowest BCUT2D eigenvalue weighted by atomic mass is 10.2. The Bertz CT molecular complexity index is 998. The second kappa shape index (κ2) is 6.47. The maximum absolute atomic E-state index is 5.94. The van der Waals surface area contributed by atoms with Gasteiger partial charge in [0.2, 0.25) is 11.8 Å². The molecule has 2 aromatic heterocycles. The Labute approximate surface area is 151 Å². The number of hydrogen-bond acceptors (Lipinski definition) is 6. The number of thioether (sulfide) groups is 1. The molecular formula is C16H9Cl2N3O2S. The van der Waals surface area contributed by atoms with Crippen LogP contribution in [0.15, 0.2) is 56.5 Å². The Morgan fingerprint density at radius 3 is 2.54 bits per heavy atom.